The minimum Gasteiger partial charge on any atom is -0.504 e. The average molecular weight is 503 g/mol. The van der Waals surface area contributed by atoms with Crippen molar-refractivity contribution < 1.29 is 19.1 Å². The smallest absolute Gasteiger partial charge is 0.227 e. The van der Waals surface area contributed by atoms with Crippen molar-refractivity contribution in [1.29, 1.82) is 0 Å². The van der Waals surface area contributed by atoms with Gasteiger partial charge in [0, 0.05) is 43.7 Å². The van der Waals surface area contributed by atoms with Crippen LogP contribution in [0.3, 0.4) is 0 Å². The molecular formula is C29H30N2O4S. The summed E-state index contributed by atoms with van der Waals surface area (Å²) >= 11 is 1.60. The SMILES string of the molecule is COc1cc(-c2oc3ccc(CC(=O)N4CCN(Cc5ccccc5)CC4)cc3c2SC)ccc1O. The molecule has 3 aromatic carbocycles. The molecule has 2 heterocycles. The summed E-state index contributed by atoms with van der Waals surface area (Å²) < 4.78 is 11.5. The molecule has 1 aliphatic heterocycles. The molecule has 0 atom stereocenters. The van der Waals surface area contributed by atoms with Crippen LogP contribution in [0, 0.1) is 0 Å². The highest BCUT2D eigenvalue weighted by atomic mass is 32.2. The Labute approximate surface area is 215 Å². The van der Waals surface area contributed by atoms with Crippen molar-refractivity contribution in [2.24, 2.45) is 0 Å². The van der Waals surface area contributed by atoms with Gasteiger partial charge < -0.3 is 19.2 Å². The molecular weight excluding hydrogens is 472 g/mol. The molecule has 4 aromatic rings. The van der Waals surface area contributed by atoms with Crippen LogP contribution in [0.4, 0.5) is 0 Å². The predicted octanol–water partition coefficient (Wildman–Crippen LogP) is 5.42. The van der Waals surface area contributed by atoms with Gasteiger partial charge in [0.2, 0.25) is 5.91 Å². The molecule has 0 spiro atoms. The topological polar surface area (TPSA) is 66.2 Å². The highest BCUT2D eigenvalue weighted by molar-refractivity contribution is 7.99. The molecule has 36 heavy (non-hydrogen) atoms. The molecule has 7 heteroatoms. The Morgan fingerprint density at radius 3 is 2.50 bits per heavy atom. The molecule has 0 bridgehead atoms. The number of piperazine rings is 1. The maximum Gasteiger partial charge on any atom is 0.227 e. The number of phenolic OH excluding ortho intramolecular Hbond substituents is 1. The number of ether oxygens (including phenoxy) is 1. The van der Waals surface area contributed by atoms with Crippen molar-refractivity contribution in [1.82, 2.24) is 9.80 Å². The third-order valence-corrected chi connectivity index (χ3v) is 7.50. The lowest BCUT2D eigenvalue weighted by molar-refractivity contribution is -0.132. The zero-order valence-corrected chi connectivity index (χ0v) is 21.4. The van der Waals surface area contributed by atoms with Crippen LogP contribution in [0.5, 0.6) is 11.5 Å². The van der Waals surface area contributed by atoms with Gasteiger partial charge in [0.05, 0.1) is 18.4 Å². The Morgan fingerprint density at radius 2 is 1.78 bits per heavy atom. The molecule has 0 unspecified atom stereocenters. The molecule has 1 aromatic heterocycles. The van der Waals surface area contributed by atoms with Gasteiger partial charge >= 0.3 is 0 Å². The van der Waals surface area contributed by atoms with E-state index in [0.29, 0.717) is 12.2 Å². The van der Waals surface area contributed by atoms with Crippen molar-refractivity contribution in [2.45, 2.75) is 17.9 Å². The first kappa shape index (κ1) is 24.3. The quantitative estimate of drug-likeness (QED) is 0.340. The van der Waals surface area contributed by atoms with Gasteiger partial charge in [-0.3, -0.25) is 9.69 Å². The highest BCUT2D eigenvalue weighted by Gasteiger charge is 2.22. The van der Waals surface area contributed by atoms with Crippen LogP contribution in [-0.2, 0) is 17.8 Å². The van der Waals surface area contributed by atoms with Gasteiger partial charge in [-0.2, -0.15) is 0 Å². The fourth-order valence-corrected chi connectivity index (χ4v) is 5.45. The van der Waals surface area contributed by atoms with Crippen molar-refractivity contribution in [3.05, 3.63) is 77.9 Å². The van der Waals surface area contributed by atoms with Crippen LogP contribution in [0.2, 0.25) is 0 Å². The van der Waals surface area contributed by atoms with E-state index in [9.17, 15) is 9.90 Å². The summed E-state index contributed by atoms with van der Waals surface area (Å²) in [6.45, 7) is 4.20. The molecule has 0 radical (unpaired) electrons. The number of rotatable bonds is 7. The number of hydrogen-bond acceptors (Lipinski definition) is 6. The van der Waals surface area contributed by atoms with E-state index in [1.165, 1.54) is 12.7 Å². The summed E-state index contributed by atoms with van der Waals surface area (Å²) in [5.41, 5.74) is 3.88. The first-order chi connectivity index (χ1) is 17.6. The molecule has 1 N–H and O–H groups in total. The Bertz CT molecular complexity index is 1360. The molecule has 1 amide bonds. The van der Waals surface area contributed by atoms with Crippen LogP contribution in [0.1, 0.15) is 11.1 Å². The normalized spacial score (nSPS) is 14.3. The van der Waals surface area contributed by atoms with Gasteiger partial charge in [0.1, 0.15) is 11.3 Å². The molecule has 6 nitrogen and oxygen atoms in total. The lowest BCUT2D eigenvalue weighted by atomic mass is 10.1. The number of fused-ring (bicyclic) bond motifs is 1. The van der Waals surface area contributed by atoms with Gasteiger partial charge in [0.25, 0.3) is 0 Å². The number of benzene rings is 3. The number of carbonyl (C=O) groups excluding carboxylic acids is 1. The first-order valence-corrected chi connectivity index (χ1v) is 13.3. The predicted molar refractivity (Wildman–Crippen MR) is 144 cm³/mol. The largest absolute Gasteiger partial charge is 0.504 e. The van der Waals surface area contributed by atoms with E-state index in [-0.39, 0.29) is 11.7 Å². The van der Waals surface area contributed by atoms with Gasteiger partial charge in [-0.05, 0) is 47.7 Å². The number of nitrogens with zero attached hydrogens (tertiary/aromatic N) is 2. The number of phenols is 1. The number of carbonyl (C=O) groups is 1. The van der Waals surface area contributed by atoms with Crippen LogP contribution >= 0.6 is 11.8 Å². The zero-order chi connectivity index (χ0) is 25.1. The van der Waals surface area contributed by atoms with Gasteiger partial charge in [-0.25, -0.2) is 0 Å². The number of methoxy groups -OCH3 is 1. The maximum absolute atomic E-state index is 13.1. The monoisotopic (exact) mass is 502 g/mol. The van der Waals surface area contributed by atoms with Crippen molar-refractivity contribution in [2.75, 3.05) is 39.5 Å². The third-order valence-electron chi connectivity index (χ3n) is 6.68. The summed E-state index contributed by atoms with van der Waals surface area (Å²) in [5.74, 6) is 1.38. The molecule has 0 aliphatic carbocycles. The molecule has 1 aliphatic rings. The Kier molecular flexibility index (Phi) is 7.20. The summed E-state index contributed by atoms with van der Waals surface area (Å²) in [6, 6.07) is 21.6. The van der Waals surface area contributed by atoms with Gasteiger partial charge in [-0.15, -0.1) is 11.8 Å². The maximum atomic E-state index is 13.1. The number of aromatic hydroxyl groups is 1. The fourth-order valence-electron chi connectivity index (χ4n) is 4.73. The number of furan rings is 1. The lowest BCUT2D eigenvalue weighted by Gasteiger charge is -2.34. The second-order valence-electron chi connectivity index (χ2n) is 9.00. The fraction of sp³-hybridized carbons (Fsp3) is 0.276. The van der Waals surface area contributed by atoms with Crippen LogP contribution in [0.15, 0.2) is 76.0 Å². The summed E-state index contributed by atoms with van der Waals surface area (Å²) in [6.07, 6.45) is 2.38. The van der Waals surface area contributed by atoms with Crippen molar-refractivity contribution >= 4 is 28.6 Å². The van der Waals surface area contributed by atoms with E-state index in [2.05, 4.69) is 35.2 Å². The minimum atomic E-state index is 0.0877. The summed E-state index contributed by atoms with van der Waals surface area (Å²) in [5, 5.41) is 10.9. The number of hydrogen-bond donors (Lipinski definition) is 1. The van der Waals surface area contributed by atoms with Crippen LogP contribution < -0.4 is 4.74 Å². The van der Waals surface area contributed by atoms with Gasteiger partial charge in [0.15, 0.2) is 11.5 Å². The minimum absolute atomic E-state index is 0.0877. The van der Waals surface area contributed by atoms with E-state index in [1.807, 2.05) is 35.4 Å². The van der Waals surface area contributed by atoms with Crippen molar-refractivity contribution in [3.63, 3.8) is 0 Å². The molecule has 0 saturated carbocycles. The second kappa shape index (κ2) is 10.7. The van der Waals surface area contributed by atoms with Crippen LogP contribution in [0.25, 0.3) is 22.3 Å². The summed E-state index contributed by atoms with van der Waals surface area (Å²) in [4.78, 5) is 18.5. The Balaban J connectivity index is 1.29. The molecule has 1 fully saturated rings. The van der Waals surface area contributed by atoms with Gasteiger partial charge in [-0.1, -0.05) is 36.4 Å². The Hall–Kier alpha value is -3.42. The van der Waals surface area contributed by atoms with E-state index in [1.54, 1.807) is 23.9 Å². The Morgan fingerprint density at radius 1 is 1.00 bits per heavy atom. The van der Waals surface area contributed by atoms with Crippen molar-refractivity contribution in [3.8, 4) is 22.8 Å². The molecule has 1 saturated heterocycles. The number of amides is 1. The number of thioether (sulfide) groups is 1. The zero-order valence-electron chi connectivity index (χ0n) is 20.6. The lowest BCUT2D eigenvalue weighted by Crippen LogP contribution is -2.48. The van der Waals surface area contributed by atoms with E-state index < -0.39 is 0 Å². The second-order valence-corrected chi connectivity index (χ2v) is 9.82. The molecule has 186 valence electrons. The third kappa shape index (κ3) is 5.08. The van der Waals surface area contributed by atoms with E-state index in [4.69, 9.17) is 9.15 Å². The highest BCUT2D eigenvalue weighted by Crippen LogP contribution is 2.42. The first-order valence-electron chi connectivity index (χ1n) is 12.1. The summed E-state index contributed by atoms with van der Waals surface area (Å²) in [7, 11) is 1.53. The van der Waals surface area contributed by atoms with E-state index in [0.717, 1.165) is 65.5 Å². The van der Waals surface area contributed by atoms with E-state index >= 15 is 0 Å². The molecule has 5 rings (SSSR count). The standard InChI is InChI=1S/C29H30N2O4S/c1-34-26-18-22(9-10-24(26)32)28-29(36-2)23-16-21(8-11-25(23)35-28)17-27(33)31-14-12-30(13-15-31)19-20-6-4-3-5-7-20/h3-11,16,18,32H,12-15,17,19H2,1-2H3. The average Bonchev–Trinajstić information content (AvgIpc) is 3.28. The van der Waals surface area contributed by atoms with Crippen LogP contribution in [-0.4, -0.2) is 60.4 Å².